The minimum atomic E-state index is -1.23. The van der Waals surface area contributed by atoms with Gasteiger partial charge in [0, 0.05) is 6.42 Å². The molecule has 0 aliphatic rings. The molecule has 5 atom stereocenters. The fourth-order valence-electron chi connectivity index (χ4n) is 3.55. The predicted octanol–water partition coefficient (Wildman–Crippen LogP) is -0.349. The first kappa shape index (κ1) is 31.0. The molecule has 1 aromatic rings. The number of hydrogen-bond acceptors (Lipinski definition) is 7. The number of amides is 3. The third-order valence-corrected chi connectivity index (χ3v) is 5.64. The van der Waals surface area contributed by atoms with E-state index in [1.54, 1.807) is 24.3 Å². The highest BCUT2D eigenvalue weighted by Gasteiger charge is 2.31. The van der Waals surface area contributed by atoms with E-state index in [-0.39, 0.29) is 25.2 Å². The first-order valence-corrected chi connectivity index (χ1v) is 12.3. The van der Waals surface area contributed by atoms with Crippen LogP contribution in [0, 0.1) is 5.92 Å². The van der Waals surface area contributed by atoms with Crippen LogP contribution >= 0.6 is 0 Å². The molecule has 0 aromatic heterocycles. The lowest BCUT2D eigenvalue weighted by molar-refractivity contribution is -0.142. The Labute approximate surface area is 212 Å². The second kappa shape index (κ2) is 15.9. The first-order valence-electron chi connectivity index (χ1n) is 12.3. The van der Waals surface area contributed by atoms with Crippen LogP contribution in [0.15, 0.2) is 30.3 Å². The van der Waals surface area contributed by atoms with Crippen molar-refractivity contribution in [1.82, 2.24) is 16.0 Å². The molecule has 0 bridgehead atoms. The Kier molecular flexibility index (Phi) is 13.7. The van der Waals surface area contributed by atoms with E-state index in [9.17, 15) is 29.4 Å². The molecule has 36 heavy (non-hydrogen) atoms. The van der Waals surface area contributed by atoms with Gasteiger partial charge in [-0.1, -0.05) is 44.2 Å². The predicted molar refractivity (Wildman–Crippen MR) is 136 cm³/mol. The molecule has 202 valence electrons. The average Bonchev–Trinajstić information content (AvgIpc) is 2.82. The number of carboxylic acid groups (broad SMARTS) is 1. The van der Waals surface area contributed by atoms with Crippen LogP contribution < -0.4 is 27.4 Å². The molecular formula is C25H41N5O6. The Morgan fingerprint density at radius 2 is 1.42 bits per heavy atom. The number of carbonyl (C=O) groups is 4. The summed E-state index contributed by atoms with van der Waals surface area (Å²) < 4.78 is 0. The van der Waals surface area contributed by atoms with E-state index in [1.807, 2.05) is 19.9 Å². The number of unbranched alkanes of at least 4 members (excludes halogenated alkanes) is 1. The van der Waals surface area contributed by atoms with Crippen LogP contribution in [0.1, 0.15) is 52.0 Å². The minimum Gasteiger partial charge on any atom is -0.480 e. The molecule has 1 aromatic carbocycles. The summed E-state index contributed by atoms with van der Waals surface area (Å²) in [7, 11) is 0. The summed E-state index contributed by atoms with van der Waals surface area (Å²) in [5, 5.41) is 26.9. The monoisotopic (exact) mass is 507 g/mol. The van der Waals surface area contributed by atoms with E-state index in [1.165, 1.54) is 6.92 Å². The van der Waals surface area contributed by atoms with E-state index in [0.717, 1.165) is 5.56 Å². The number of carboxylic acids is 1. The molecule has 11 nitrogen and oxygen atoms in total. The zero-order valence-corrected chi connectivity index (χ0v) is 21.3. The zero-order chi connectivity index (χ0) is 27.3. The van der Waals surface area contributed by atoms with E-state index in [4.69, 9.17) is 11.5 Å². The minimum absolute atomic E-state index is 0.0221. The molecular weight excluding hydrogens is 466 g/mol. The normalized spacial score (nSPS) is 15.3. The summed E-state index contributed by atoms with van der Waals surface area (Å²) in [6, 6.07) is 4.52. The molecule has 0 spiro atoms. The van der Waals surface area contributed by atoms with Gasteiger partial charge in [0.15, 0.2) is 0 Å². The number of aliphatic hydroxyl groups excluding tert-OH is 1. The van der Waals surface area contributed by atoms with Crippen molar-refractivity contribution in [3.63, 3.8) is 0 Å². The van der Waals surface area contributed by atoms with Crippen molar-refractivity contribution in [2.24, 2.45) is 17.4 Å². The number of nitrogens with one attached hydrogen (secondary N) is 3. The Hall–Kier alpha value is -3.02. The summed E-state index contributed by atoms with van der Waals surface area (Å²) >= 11 is 0. The van der Waals surface area contributed by atoms with Gasteiger partial charge in [-0.25, -0.2) is 4.79 Å². The van der Waals surface area contributed by atoms with Crippen molar-refractivity contribution in [2.75, 3.05) is 6.54 Å². The summed E-state index contributed by atoms with van der Waals surface area (Å²) in [5.41, 5.74) is 12.0. The maximum atomic E-state index is 13.2. The summed E-state index contributed by atoms with van der Waals surface area (Å²) in [4.78, 5) is 50.4. The van der Waals surface area contributed by atoms with Crippen LogP contribution in [0.3, 0.4) is 0 Å². The lowest BCUT2D eigenvalue weighted by atomic mass is 10.0. The van der Waals surface area contributed by atoms with Crippen molar-refractivity contribution >= 4 is 23.7 Å². The van der Waals surface area contributed by atoms with Gasteiger partial charge in [0.05, 0.1) is 6.10 Å². The zero-order valence-electron chi connectivity index (χ0n) is 21.3. The van der Waals surface area contributed by atoms with Gasteiger partial charge in [-0.3, -0.25) is 14.4 Å². The van der Waals surface area contributed by atoms with Crippen LogP contribution in [-0.2, 0) is 25.6 Å². The highest BCUT2D eigenvalue weighted by Crippen LogP contribution is 2.09. The summed E-state index contributed by atoms with van der Waals surface area (Å²) in [5.74, 6) is -3.11. The molecule has 0 heterocycles. The lowest BCUT2D eigenvalue weighted by Crippen LogP contribution is -2.58. The van der Waals surface area contributed by atoms with E-state index < -0.39 is 54.0 Å². The second-order valence-corrected chi connectivity index (χ2v) is 9.39. The fraction of sp³-hybridized carbons (Fsp3) is 0.600. The van der Waals surface area contributed by atoms with Gasteiger partial charge in [-0.05, 0) is 50.6 Å². The van der Waals surface area contributed by atoms with Crippen molar-refractivity contribution in [1.29, 1.82) is 0 Å². The number of hydrogen-bond donors (Lipinski definition) is 7. The molecule has 0 aliphatic heterocycles. The van der Waals surface area contributed by atoms with Crippen molar-refractivity contribution < 1.29 is 29.4 Å². The van der Waals surface area contributed by atoms with Crippen molar-refractivity contribution in [3.05, 3.63) is 35.9 Å². The SMILES string of the molecule is CC(C)CC(NC(=O)C(Cc1ccccc1)NC(=O)C(CCCCN)NC(=O)C(N)C(C)O)C(=O)O. The Morgan fingerprint density at radius 1 is 0.861 bits per heavy atom. The number of aliphatic carboxylic acids is 1. The molecule has 11 heteroatoms. The third-order valence-electron chi connectivity index (χ3n) is 5.64. The molecule has 0 saturated heterocycles. The van der Waals surface area contributed by atoms with E-state index >= 15 is 0 Å². The highest BCUT2D eigenvalue weighted by atomic mass is 16.4. The third kappa shape index (κ3) is 11.1. The topological polar surface area (TPSA) is 197 Å². The highest BCUT2D eigenvalue weighted by molar-refractivity contribution is 5.94. The van der Waals surface area contributed by atoms with Crippen LogP contribution in [0.5, 0.6) is 0 Å². The number of nitrogens with two attached hydrogens (primary N) is 2. The number of benzene rings is 1. The van der Waals surface area contributed by atoms with Gasteiger partial charge in [0.25, 0.3) is 0 Å². The van der Waals surface area contributed by atoms with Crippen molar-refractivity contribution in [2.45, 2.75) is 83.1 Å². The largest absolute Gasteiger partial charge is 0.480 e. The lowest BCUT2D eigenvalue weighted by Gasteiger charge is -2.26. The van der Waals surface area contributed by atoms with Gasteiger partial charge in [-0.2, -0.15) is 0 Å². The van der Waals surface area contributed by atoms with Crippen LogP contribution in [0.4, 0.5) is 0 Å². The van der Waals surface area contributed by atoms with Crippen LogP contribution in [0.2, 0.25) is 0 Å². The average molecular weight is 508 g/mol. The van der Waals surface area contributed by atoms with Crippen LogP contribution in [0.25, 0.3) is 0 Å². The quantitative estimate of drug-likeness (QED) is 0.147. The molecule has 0 aliphatic carbocycles. The van der Waals surface area contributed by atoms with E-state index in [0.29, 0.717) is 19.4 Å². The second-order valence-electron chi connectivity index (χ2n) is 9.39. The molecule has 0 fully saturated rings. The van der Waals surface area contributed by atoms with Gasteiger partial charge in [0.1, 0.15) is 24.2 Å². The molecule has 0 radical (unpaired) electrons. The first-order chi connectivity index (χ1) is 17.0. The summed E-state index contributed by atoms with van der Waals surface area (Å²) in [6.45, 7) is 5.46. The fourth-order valence-corrected chi connectivity index (χ4v) is 3.55. The van der Waals surface area contributed by atoms with E-state index in [2.05, 4.69) is 16.0 Å². The Bertz CT molecular complexity index is 849. The van der Waals surface area contributed by atoms with Gasteiger partial charge in [0.2, 0.25) is 17.7 Å². The van der Waals surface area contributed by atoms with Crippen LogP contribution in [-0.4, -0.2) is 70.7 Å². The van der Waals surface area contributed by atoms with Gasteiger partial charge >= 0.3 is 5.97 Å². The maximum Gasteiger partial charge on any atom is 0.326 e. The number of carbonyl (C=O) groups excluding carboxylic acids is 3. The van der Waals surface area contributed by atoms with Gasteiger partial charge < -0.3 is 37.6 Å². The molecule has 9 N–H and O–H groups in total. The molecule has 0 saturated carbocycles. The van der Waals surface area contributed by atoms with Crippen molar-refractivity contribution in [3.8, 4) is 0 Å². The Morgan fingerprint density at radius 3 is 1.94 bits per heavy atom. The molecule has 1 rings (SSSR count). The van der Waals surface area contributed by atoms with Gasteiger partial charge in [-0.15, -0.1) is 0 Å². The smallest absolute Gasteiger partial charge is 0.326 e. The molecule has 3 amide bonds. The Balaban J connectivity index is 3.12. The molecule has 5 unspecified atom stereocenters. The summed E-state index contributed by atoms with van der Waals surface area (Å²) in [6.07, 6.45) is 0.607. The number of rotatable bonds is 16. The number of aliphatic hydroxyl groups is 1. The maximum absolute atomic E-state index is 13.2. The standard InChI is InChI=1S/C25H41N5O6/c1-15(2)13-20(25(35)36)30-23(33)19(14-17-9-5-4-6-10-17)29-22(32)18(11-7-8-12-26)28-24(34)21(27)16(3)31/h4-6,9-10,15-16,18-21,31H,7-8,11-14,26-27H2,1-3H3,(H,28,34)(H,29,32)(H,30,33)(H,35,36).